The molecule has 0 aromatic rings. The molecule has 0 aromatic heterocycles. The van der Waals surface area contributed by atoms with E-state index in [2.05, 4.69) is 10.5 Å². The van der Waals surface area contributed by atoms with Gasteiger partial charge in [-0.15, -0.1) is 0 Å². The van der Waals surface area contributed by atoms with Gasteiger partial charge in [0.05, 0.1) is 6.61 Å². The van der Waals surface area contributed by atoms with Gasteiger partial charge in [0, 0.05) is 0 Å². The molecule has 0 unspecified atom stereocenters. The SMILES string of the molecule is NC(=O)O[C@@H](C=O)[C@@H](O)[C@H](O)[C@H](O)CO. The number of hydrogen-bond donors (Lipinski definition) is 5. The first-order chi connectivity index (χ1) is 6.93. The second-order valence-corrected chi connectivity index (χ2v) is 2.77. The zero-order valence-corrected chi connectivity index (χ0v) is 7.68. The maximum atomic E-state index is 10.3. The number of amides is 1. The van der Waals surface area contributed by atoms with Crippen LogP contribution in [0, 0.1) is 0 Å². The largest absolute Gasteiger partial charge is 0.436 e. The fourth-order valence-electron chi connectivity index (χ4n) is 0.842. The van der Waals surface area contributed by atoms with Crippen LogP contribution in [0.1, 0.15) is 0 Å². The monoisotopic (exact) mass is 223 g/mol. The summed E-state index contributed by atoms with van der Waals surface area (Å²) < 4.78 is 4.15. The van der Waals surface area contributed by atoms with E-state index in [1.54, 1.807) is 0 Å². The number of aliphatic hydroxyl groups excluding tert-OH is 4. The number of hydrogen-bond acceptors (Lipinski definition) is 7. The molecule has 0 radical (unpaired) electrons. The zero-order valence-electron chi connectivity index (χ0n) is 7.68. The highest BCUT2D eigenvalue weighted by Gasteiger charge is 2.33. The van der Waals surface area contributed by atoms with Crippen LogP contribution in [-0.2, 0) is 9.53 Å². The van der Waals surface area contributed by atoms with Gasteiger partial charge in [-0.1, -0.05) is 0 Å². The van der Waals surface area contributed by atoms with Crippen LogP contribution < -0.4 is 5.73 Å². The van der Waals surface area contributed by atoms with E-state index in [1.165, 1.54) is 0 Å². The molecular formula is C7H13NO7. The molecule has 0 aromatic carbocycles. The Kier molecular flexibility index (Phi) is 5.79. The van der Waals surface area contributed by atoms with Gasteiger partial charge in [-0.05, 0) is 0 Å². The topological polar surface area (TPSA) is 150 Å². The van der Waals surface area contributed by atoms with E-state index in [0.29, 0.717) is 0 Å². The third-order valence-corrected chi connectivity index (χ3v) is 1.65. The van der Waals surface area contributed by atoms with Gasteiger partial charge in [0.2, 0.25) is 0 Å². The van der Waals surface area contributed by atoms with Crippen LogP contribution >= 0.6 is 0 Å². The Morgan fingerprint density at radius 2 is 1.87 bits per heavy atom. The molecule has 0 fully saturated rings. The normalized spacial score (nSPS) is 18.7. The lowest BCUT2D eigenvalue weighted by Crippen LogP contribution is -2.48. The van der Waals surface area contributed by atoms with Gasteiger partial charge >= 0.3 is 6.09 Å². The van der Waals surface area contributed by atoms with Crippen molar-refractivity contribution < 1.29 is 34.8 Å². The summed E-state index contributed by atoms with van der Waals surface area (Å²) in [6.45, 7) is -0.819. The van der Waals surface area contributed by atoms with E-state index in [-0.39, 0.29) is 6.29 Å². The standard InChI is InChI=1S/C7H13NO7/c8-7(14)15-4(2-10)6(13)5(12)3(11)1-9/h2-6,9,11-13H,1H2,(H2,8,14)/t3-,4+,5-,6-/m1/s1. The molecule has 0 bridgehead atoms. The number of nitrogens with two attached hydrogens (primary N) is 1. The summed E-state index contributed by atoms with van der Waals surface area (Å²) in [5, 5.41) is 35.8. The third-order valence-electron chi connectivity index (χ3n) is 1.65. The van der Waals surface area contributed by atoms with Crippen molar-refractivity contribution in [1.29, 1.82) is 0 Å². The first kappa shape index (κ1) is 13.8. The van der Waals surface area contributed by atoms with Gasteiger partial charge in [-0.2, -0.15) is 0 Å². The van der Waals surface area contributed by atoms with Crippen LogP contribution in [0.4, 0.5) is 4.79 Å². The van der Waals surface area contributed by atoms with Gasteiger partial charge in [-0.3, -0.25) is 4.79 Å². The van der Waals surface area contributed by atoms with Crippen LogP contribution in [0.2, 0.25) is 0 Å². The van der Waals surface area contributed by atoms with E-state index in [0.717, 1.165) is 0 Å². The Bertz CT molecular complexity index is 221. The lowest BCUT2D eigenvalue weighted by molar-refractivity contribution is -0.136. The van der Waals surface area contributed by atoms with Gasteiger partial charge in [0.25, 0.3) is 0 Å². The van der Waals surface area contributed by atoms with Crippen molar-refractivity contribution in [3.8, 4) is 0 Å². The van der Waals surface area contributed by atoms with Crippen LogP contribution in [0.5, 0.6) is 0 Å². The predicted octanol–water partition coefficient (Wildman–Crippen LogP) is -3.28. The van der Waals surface area contributed by atoms with Gasteiger partial charge in [0.1, 0.15) is 18.3 Å². The van der Waals surface area contributed by atoms with Crippen LogP contribution in [0.25, 0.3) is 0 Å². The highest BCUT2D eigenvalue weighted by Crippen LogP contribution is 2.06. The fraction of sp³-hybridized carbons (Fsp3) is 0.714. The summed E-state index contributed by atoms with van der Waals surface area (Å²) in [7, 11) is 0. The minimum atomic E-state index is -1.86. The minimum Gasteiger partial charge on any atom is -0.436 e. The highest BCUT2D eigenvalue weighted by atomic mass is 16.6. The van der Waals surface area contributed by atoms with E-state index < -0.39 is 37.1 Å². The maximum absolute atomic E-state index is 10.3. The van der Waals surface area contributed by atoms with Gasteiger partial charge < -0.3 is 30.9 Å². The number of aldehydes is 1. The molecule has 8 nitrogen and oxygen atoms in total. The van der Waals surface area contributed by atoms with E-state index >= 15 is 0 Å². The molecule has 0 saturated carbocycles. The molecule has 0 aliphatic carbocycles. The van der Waals surface area contributed by atoms with Crippen LogP contribution in [0.15, 0.2) is 0 Å². The molecule has 15 heavy (non-hydrogen) atoms. The molecule has 0 saturated heterocycles. The summed E-state index contributed by atoms with van der Waals surface area (Å²) in [6, 6.07) is 0. The second-order valence-electron chi connectivity index (χ2n) is 2.77. The predicted molar refractivity (Wildman–Crippen MR) is 45.6 cm³/mol. The molecule has 0 aliphatic rings. The van der Waals surface area contributed by atoms with Crippen molar-refractivity contribution in [1.82, 2.24) is 0 Å². The number of aliphatic hydroxyl groups is 4. The number of primary amides is 1. The van der Waals surface area contributed by atoms with Crippen LogP contribution in [-0.4, -0.2) is 63.8 Å². The lowest BCUT2D eigenvalue weighted by Gasteiger charge is -2.24. The lowest BCUT2D eigenvalue weighted by atomic mass is 10.0. The summed E-state index contributed by atoms with van der Waals surface area (Å²) in [4.78, 5) is 20.6. The molecule has 0 rings (SSSR count). The Morgan fingerprint density at radius 3 is 2.20 bits per heavy atom. The van der Waals surface area contributed by atoms with Crippen molar-refractivity contribution in [3.63, 3.8) is 0 Å². The highest BCUT2D eigenvalue weighted by molar-refractivity contribution is 5.69. The van der Waals surface area contributed by atoms with Gasteiger partial charge in [-0.25, -0.2) is 4.79 Å². The first-order valence-electron chi connectivity index (χ1n) is 4.00. The molecular weight excluding hydrogens is 210 g/mol. The number of rotatable bonds is 6. The van der Waals surface area contributed by atoms with Crippen LogP contribution in [0.3, 0.4) is 0 Å². The number of ether oxygens (including phenoxy) is 1. The Labute approximate surface area is 84.9 Å². The summed E-state index contributed by atoms with van der Waals surface area (Å²) >= 11 is 0. The molecule has 88 valence electrons. The smallest absolute Gasteiger partial charge is 0.405 e. The molecule has 0 spiro atoms. The molecule has 8 heteroatoms. The zero-order chi connectivity index (χ0) is 12.0. The van der Waals surface area contributed by atoms with Crippen molar-refractivity contribution in [2.24, 2.45) is 5.73 Å². The molecule has 4 atom stereocenters. The van der Waals surface area contributed by atoms with Crippen molar-refractivity contribution in [2.75, 3.05) is 6.61 Å². The average molecular weight is 223 g/mol. The summed E-state index contributed by atoms with van der Waals surface area (Å²) in [5.74, 6) is 0. The van der Waals surface area contributed by atoms with Crippen molar-refractivity contribution in [3.05, 3.63) is 0 Å². The van der Waals surface area contributed by atoms with Crippen molar-refractivity contribution >= 4 is 12.4 Å². The van der Waals surface area contributed by atoms with E-state index in [1.807, 2.05) is 0 Å². The molecule has 0 aliphatic heterocycles. The summed E-state index contributed by atoms with van der Waals surface area (Å²) in [5.41, 5.74) is 4.59. The second kappa shape index (κ2) is 6.30. The molecule has 0 heterocycles. The average Bonchev–Trinajstić information content (AvgIpc) is 2.22. The van der Waals surface area contributed by atoms with E-state index in [9.17, 15) is 14.7 Å². The van der Waals surface area contributed by atoms with Crippen molar-refractivity contribution in [2.45, 2.75) is 24.4 Å². The molecule has 6 N–H and O–H groups in total. The number of carbonyl (C=O) groups is 2. The Hall–Kier alpha value is -1.22. The first-order valence-corrected chi connectivity index (χ1v) is 4.00. The minimum absolute atomic E-state index is 0.0444. The quantitative estimate of drug-likeness (QED) is 0.296. The third kappa shape index (κ3) is 4.21. The maximum Gasteiger partial charge on any atom is 0.405 e. The Morgan fingerprint density at radius 1 is 1.33 bits per heavy atom. The summed E-state index contributed by atoms with van der Waals surface area (Å²) in [6.07, 6.45) is -8.31. The Balaban J connectivity index is 4.42. The van der Waals surface area contributed by atoms with Gasteiger partial charge in [0.15, 0.2) is 12.4 Å². The number of carbonyl (C=O) groups excluding carboxylic acids is 2. The van der Waals surface area contributed by atoms with E-state index in [4.69, 9.17) is 15.3 Å². The molecule has 1 amide bonds. The fourth-order valence-corrected chi connectivity index (χ4v) is 0.842.